The summed E-state index contributed by atoms with van der Waals surface area (Å²) in [7, 11) is 0. The van der Waals surface area contributed by atoms with Crippen molar-refractivity contribution in [2.24, 2.45) is 0 Å². The van der Waals surface area contributed by atoms with Crippen molar-refractivity contribution in [1.82, 2.24) is 5.32 Å². The Hall–Kier alpha value is 0.180. The number of hydrogen-bond acceptors (Lipinski definition) is 1. The maximum absolute atomic E-state index is 11.8. The Morgan fingerprint density at radius 2 is 2.14 bits per heavy atom. The Morgan fingerprint density at radius 1 is 1.71 bits per heavy atom. The lowest BCUT2D eigenvalue weighted by Gasteiger charge is -2.28. The highest BCUT2D eigenvalue weighted by Crippen LogP contribution is 2.05. The van der Waals surface area contributed by atoms with Crippen LogP contribution in [0.1, 0.15) is 6.92 Å². The van der Waals surface area contributed by atoms with Gasteiger partial charge in [-0.05, 0) is 6.92 Å². The first kappa shape index (κ1) is 7.18. The van der Waals surface area contributed by atoms with Crippen molar-refractivity contribution in [3.63, 3.8) is 0 Å². The minimum absolute atomic E-state index is 0. The van der Waals surface area contributed by atoms with E-state index < -0.39 is 6.17 Å². The Balaban J connectivity index is 0.000000360. The quantitative estimate of drug-likeness (QED) is 0.504. The molecule has 0 aliphatic carbocycles. The van der Waals surface area contributed by atoms with Gasteiger partial charge in [0.1, 0.15) is 6.17 Å². The number of alkyl halides is 1. The second-order valence-corrected chi connectivity index (χ2v) is 1.71. The van der Waals surface area contributed by atoms with Gasteiger partial charge in [-0.3, -0.25) is 0 Å². The van der Waals surface area contributed by atoms with Crippen molar-refractivity contribution in [2.75, 3.05) is 6.54 Å². The normalized spacial score (nSPS) is 38.6. The third kappa shape index (κ3) is 1.28. The number of halogens is 2. The van der Waals surface area contributed by atoms with Crippen LogP contribution >= 0.6 is 12.4 Å². The van der Waals surface area contributed by atoms with Crippen molar-refractivity contribution < 1.29 is 4.39 Å². The summed E-state index contributed by atoms with van der Waals surface area (Å²) in [6.45, 7) is 2.40. The maximum Gasteiger partial charge on any atom is 0.127 e. The molecule has 3 heteroatoms. The molecule has 1 nitrogen and oxygen atoms in total. The van der Waals surface area contributed by atoms with Crippen LogP contribution in [0.4, 0.5) is 4.39 Å². The van der Waals surface area contributed by atoms with Crippen molar-refractivity contribution in [3.8, 4) is 0 Å². The molecule has 0 spiro atoms. The van der Waals surface area contributed by atoms with Gasteiger partial charge in [0.05, 0.1) is 0 Å². The highest BCUT2D eigenvalue weighted by Gasteiger charge is 2.24. The molecule has 1 heterocycles. The van der Waals surface area contributed by atoms with Crippen LogP contribution in [-0.4, -0.2) is 18.8 Å². The largest absolute Gasteiger partial charge is 0.308 e. The fourth-order valence-electron chi connectivity index (χ4n) is 0.443. The SMILES string of the molecule is C[C@H]1NC[C@H]1F.Cl. The molecule has 0 aromatic rings. The Labute approximate surface area is 48.7 Å². The molecule has 1 aliphatic rings. The molecule has 1 fully saturated rings. The van der Waals surface area contributed by atoms with E-state index in [0.717, 1.165) is 0 Å². The van der Waals surface area contributed by atoms with Gasteiger partial charge < -0.3 is 5.32 Å². The molecule has 0 amide bonds. The number of nitrogens with one attached hydrogen (secondary N) is 1. The Kier molecular flexibility index (Phi) is 2.54. The molecule has 1 aliphatic heterocycles. The van der Waals surface area contributed by atoms with E-state index >= 15 is 0 Å². The summed E-state index contributed by atoms with van der Waals surface area (Å²) in [5.41, 5.74) is 0. The molecule has 0 saturated carbocycles. The first-order valence-electron chi connectivity index (χ1n) is 2.18. The minimum atomic E-state index is -0.579. The smallest absolute Gasteiger partial charge is 0.127 e. The van der Waals surface area contributed by atoms with Gasteiger partial charge >= 0.3 is 0 Å². The van der Waals surface area contributed by atoms with E-state index in [0.29, 0.717) is 6.54 Å². The molecule has 0 aromatic heterocycles. The van der Waals surface area contributed by atoms with Gasteiger partial charge in [0.25, 0.3) is 0 Å². The summed E-state index contributed by atoms with van der Waals surface area (Å²) in [5.74, 6) is 0. The Bertz CT molecular complexity index is 51.7. The van der Waals surface area contributed by atoms with E-state index in [1.54, 1.807) is 0 Å². The minimum Gasteiger partial charge on any atom is -0.308 e. The van der Waals surface area contributed by atoms with Crippen LogP contribution in [-0.2, 0) is 0 Å². The summed E-state index contributed by atoms with van der Waals surface area (Å²) in [6.07, 6.45) is -0.579. The lowest BCUT2D eigenvalue weighted by atomic mass is 10.1. The van der Waals surface area contributed by atoms with Crippen LogP contribution in [0.25, 0.3) is 0 Å². The van der Waals surface area contributed by atoms with Crippen LogP contribution < -0.4 is 5.32 Å². The zero-order valence-electron chi connectivity index (χ0n) is 4.15. The standard InChI is InChI=1S/C4H8FN.ClH/c1-3-4(5)2-6-3;/h3-4,6H,2H2,1H3;1H/t3-,4-;/m1./s1. The molecule has 0 aromatic carbocycles. The van der Waals surface area contributed by atoms with Crippen molar-refractivity contribution in [3.05, 3.63) is 0 Å². The monoisotopic (exact) mass is 125 g/mol. The van der Waals surface area contributed by atoms with E-state index in [9.17, 15) is 4.39 Å². The van der Waals surface area contributed by atoms with Crippen LogP contribution in [0.3, 0.4) is 0 Å². The molecule has 0 radical (unpaired) electrons. The van der Waals surface area contributed by atoms with E-state index in [1.807, 2.05) is 6.92 Å². The average molecular weight is 126 g/mol. The molecule has 0 bridgehead atoms. The van der Waals surface area contributed by atoms with Crippen molar-refractivity contribution in [1.29, 1.82) is 0 Å². The summed E-state index contributed by atoms with van der Waals surface area (Å²) in [4.78, 5) is 0. The molecule has 44 valence electrons. The third-order valence-corrected chi connectivity index (χ3v) is 1.18. The molecule has 2 atom stereocenters. The van der Waals surface area contributed by atoms with Crippen LogP contribution in [0, 0.1) is 0 Å². The van der Waals surface area contributed by atoms with Gasteiger partial charge in [-0.15, -0.1) is 12.4 Å². The fourth-order valence-corrected chi connectivity index (χ4v) is 0.443. The van der Waals surface area contributed by atoms with Gasteiger partial charge in [-0.1, -0.05) is 0 Å². The number of hydrogen-bond donors (Lipinski definition) is 1. The van der Waals surface area contributed by atoms with Gasteiger partial charge in [-0.25, -0.2) is 4.39 Å². The zero-order chi connectivity index (χ0) is 4.57. The molecular formula is C4H9ClFN. The van der Waals surface area contributed by atoms with E-state index in [4.69, 9.17) is 0 Å². The first-order valence-corrected chi connectivity index (χ1v) is 2.18. The molecular weight excluding hydrogens is 117 g/mol. The first-order chi connectivity index (χ1) is 2.80. The predicted octanol–water partition coefficient (Wildman–Crippen LogP) is 0.738. The second-order valence-electron chi connectivity index (χ2n) is 1.71. The molecule has 1 rings (SSSR count). The molecule has 7 heavy (non-hydrogen) atoms. The highest BCUT2D eigenvalue weighted by molar-refractivity contribution is 5.85. The Morgan fingerprint density at radius 3 is 2.14 bits per heavy atom. The zero-order valence-corrected chi connectivity index (χ0v) is 4.96. The average Bonchev–Trinajstić information content (AvgIpc) is 1.61. The number of rotatable bonds is 0. The van der Waals surface area contributed by atoms with Crippen molar-refractivity contribution >= 4 is 12.4 Å². The van der Waals surface area contributed by atoms with Gasteiger partial charge in [-0.2, -0.15) is 0 Å². The van der Waals surface area contributed by atoms with E-state index in [2.05, 4.69) is 5.32 Å². The second kappa shape index (κ2) is 2.48. The lowest BCUT2D eigenvalue weighted by molar-refractivity contribution is 0.171. The molecule has 0 unspecified atom stereocenters. The summed E-state index contributed by atoms with van der Waals surface area (Å²) in [5, 5.41) is 2.88. The van der Waals surface area contributed by atoms with E-state index in [-0.39, 0.29) is 18.4 Å². The summed E-state index contributed by atoms with van der Waals surface area (Å²) in [6, 6.07) is 0.116. The predicted molar refractivity (Wildman–Crippen MR) is 29.6 cm³/mol. The molecule has 1 N–H and O–H groups in total. The summed E-state index contributed by atoms with van der Waals surface area (Å²) >= 11 is 0. The van der Waals surface area contributed by atoms with Gasteiger partial charge in [0.15, 0.2) is 0 Å². The molecule has 1 saturated heterocycles. The van der Waals surface area contributed by atoms with Crippen LogP contribution in [0.15, 0.2) is 0 Å². The fraction of sp³-hybridized carbons (Fsp3) is 1.00. The lowest BCUT2D eigenvalue weighted by Crippen LogP contribution is -2.52. The third-order valence-electron chi connectivity index (χ3n) is 1.18. The topological polar surface area (TPSA) is 12.0 Å². The van der Waals surface area contributed by atoms with Gasteiger partial charge in [0.2, 0.25) is 0 Å². The summed E-state index contributed by atoms with van der Waals surface area (Å²) < 4.78 is 11.8. The maximum atomic E-state index is 11.8. The van der Waals surface area contributed by atoms with Crippen LogP contribution in [0.2, 0.25) is 0 Å². The van der Waals surface area contributed by atoms with Crippen molar-refractivity contribution in [2.45, 2.75) is 19.1 Å². The highest BCUT2D eigenvalue weighted by atomic mass is 35.5. The van der Waals surface area contributed by atoms with Crippen LogP contribution in [0.5, 0.6) is 0 Å². The van der Waals surface area contributed by atoms with E-state index in [1.165, 1.54) is 0 Å². The van der Waals surface area contributed by atoms with Gasteiger partial charge in [0, 0.05) is 12.6 Å².